The van der Waals surface area contributed by atoms with Crippen LogP contribution in [-0.4, -0.2) is 58.4 Å². The number of carbonyl (C=O) groups excluding carboxylic acids is 1. The number of ether oxygens (including phenoxy) is 2. The maximum atomic E-state index is 11.9. The average molecular weight is 719 g/mol. The number of allylic oxidation sites excluding steroid dienone is 4. The molecule has 0 aromatic rings. The van der Waals surface area contributed by atoms with Crippen LogP contribution in [0.5, 0.6) is 0 Å². The predicted octanol–water partition coefficient (Wildman–Crippen LogP) is 11.5. The summed E-state index contributed by atoms with van der Waals surface area (Å²) < 4.78 is 24.5. The second-order valence-corrected chi connectivity index (χ2v) is 28.9. The Morgan fingerprint density at radius 3 is 1.98 bits per heavy atom. The van der Waals surface area contributed by atoms with Crippen molar-refractivity contribution in [2.75, 3.05) is 6.61 Å². The van der Waals surface area contributed by atoms with Crippen LogP contribution in [0.3, 0.4) is 0 Å². The fraction of sp³-hybridized carbons (Fsp3) is 0.829. The largest absolute Gasteiger partial charge is 0.508 e. The van der Waals surface area contributed by atoms with Crippen LogP contribution in [-0.2, 0) is 18.3 Å². The van der Waals surface area contributed by atoms with Gasteiger partial charge in [-0.25, -0.2) is 4.79 Å². The molecule has 0 unspecified atom stereocenters. The molecule has 7 atom stereocenters. The van der Waals surface area contributed by atoms with Gasteiger partial charge in [0.05, 0.1) is 18.8 Å². The van der Waals surface area contributed by atoms with Crippen molar-refractivity contribution in [3.8, 4) is 0 Å². The van der Waals surface area contributed by atoms with Gasteiger partial charge in [0.25, 0.3) is 0 Å². The van der Waals surface area contributed by atoms with Gasteiger partial charge in [-0.05, 0) is 132 Å². The Balaban J connectivity index is 1.80. The molecule has 282 valence electrons. The number of aliphatic hydroxyl groups is 1. The number of hydrogen-bond acceptors (Lipinski definition) is 6. The molecule has 0 amide bonds. The lowest BCUT2D eigenvalue weighted by molar-refractivity contribution is -0.0658. The van der Waals surface area contributed by atoms with E-state index < -0.39 is 34.5 Å². The van der Waals surface area contributed by atoms with Crippen LogP contribution >= 0.6 is 0 Å². The molecule has 3 fully saturated rings. The minimum absolute atomic E-state index is 0.175. The lowest BCUT2D eigenvalue weighted by atomic mass is 9.61. The van der Waals surface area contributed by atoms with E-state index in [4.69, 9.17) is 18.3 Å². The third-order valence-corrected chi connectivity index (χ3v) is 22.2. The van der Waals surface area contributed by atoms with Gasteiger partial charge in [0.1, 0.15) is 11.7 Å². The fourth-order valence-electron chi connectivity index (χ4n) is 8.07. The van der Waals surface area contributed by atoms with E-state index in [0.717, 1.165) is 19.3 Å². The monoisotopic (exact) mass is 719 g/mol. The minimum atomic E-state index is -1.92. The molecule has 0 bridgehead atoms. The summed E-state index contributed by atoms with van der Waals surface area (Å²) in [5, 5.41) is 11.3. The van der Waals surface area contributed by atoms with Gasteiger partial charge in [-0.1, -0.05) is 90.8 Å². The summed E-state index contributed by atoms with van der Waals surface area (Å²) in [6, 6.07) is 0. The summed E-state index contributed by atoms with van der Waals surface area (Å²) in [5.41, 5.74) is 2.24. The van der Waals surface area contributed by atoms with Gasteiger partial charge in [0.2, 0.25) is 0 Å². The molecule has 1 N–H and O–H groups in total. The summed E-state index contributed by atoms with van der Waals surface area (Å²) >= 11 is 0. The zero-order valence-electron chi connectivity index (χ0n) is 34.1. The van der Waals surface area contributed by atoms with Crippen molar-refractivity contribution in [2.45, 2.75) is 188 Å². The van der Waals surface area contributed by atoms with Crippen LogP contribution in [0.1, 0.15) is 128 Å². The second kappa shape index (κ2) is 15.8. The Hall–Kier alpha value is -1.20. The van der Waals surface area contributed by atoms with E-state index in [1.165, 1.54) is 37.7 Å². The van der Waals surface area contributed by atoms with Gasteiger partial charge in [0.15, 0.2) is 16.6 Å². The molecule has 49 heavy (non-hydrogen) atoms. The maximum Gasteiger partial charge on any atom is 0.508 e. The second-order valence-electron chi connectivity index (χ2n) is 19.4. The van der Waals surface area contributed by atoms with Crippen LogP contribution < -0.4 is 0 Å². The van der Waals surface area contributed by atoms with Gasteiger partial charge >= 0.3 is 6.16 Å². The molecule has 0 saturated heterocycles. The molecular formula is C41H74O6Si2. The van der Waals surface area contributed by atoms with Crippen molar-refractivity contribution in [3.63, 3.8) is 0 Å². The topological polar surface area (TPSA) is 74.2 Å². The molecule has 8 heteroatoms. The first kappa shape index (κ1) is 42.2. The van der Waals surface area contributed by atoms with Gasteiger partial charge in [-0.15, -0.1) is 0 Å². The van der Waals surface area contributed by atoms with Gasteiger partial charge < -0.3 is 23.4 Å². The molecular weight excluding hydrogens is 645 g/mol. The summed E-state index contributed by atoms with van der Waals surface area (Å²) in [5.74, 6) is 1.42. The van der Waals surface area contributed by atoms with Gasteiger partial charge in [-0.3, -0.25) is 0 Å². The Morgan fingerprint density at radius 2 is 1.47 bits per heavy atom. The standard InChI is InChI=1S/C41H74O6Si2/c1-16-44-37(43)45-40(9,10)36(42)24-19-29(2)34-22-23-35-31(18-17-25-41(34,35)11)21-20-30-26-32(46-48(12,13)38(3,4)5)28-33(27-30)47-49(14,15)39(6,7)8/h19-21,24,29,32-36,42H,16-18,22-23,25-28H2,1-15H3/t29-,32-,33-,34-,35+,36+,41-/m1/s1. The Labute approximate surface area is 303 Å². The fourth-order valence-corrected chi connectivity index (χ4v) is 10.8. The van der Waals surface area contributed by atoms with Crippen molar-refractivity contribution < 1.29 is 28.2 Å². The van der Waals surface area contributed by atoms with Gasteiger partial charge in [-0.2, -0.15) is 0 Å². The highest BCUT2D eigenvalue weighted by Crippen LogP contribution is 2.59. The number of aliphatic hydroxyl groups excluding tert-OH is 1. The Kier molecular flexibility index (Phi) is 13.6. The van der Waals surface area contributed by atoms with E-state index in [1.807, 2.05) is 6.08 Å². The highest BCUT2D eigenvalue weighted by atomic mass is 28.4. The summed E-state index contributed by atoms with van der Waals surface area (Å²) in [7, 11) is -3.84. The van der Waals surface area contributed by atoms with Gasteiger partial charge in [0, 0.05) is 0 Å². The van der Waals surface area contributed by atoms with Crippen molar-refractivity contribution >= 4 is 22.8 Å². The molecule has 3 saturated carbocycles. The van der Waals surface area contributed by atoms with Crippen LogP contribution in [0.4, 0.5) is 4.79 Å². The highest BCUT2D eigenvalue weighted by molar-refractivity contribution is 6.74. The summed E-state index contributed by atoms with van der Waals surface area (Å²) in [4.78, 5) is 11.9. The molecule has 3 aliphatic carbocycles. The van der Waals surface area contributed by atoms with Crippen molar-refractivity contribution in [3.05, 3.63) is 35.5 Å². The van der Waals surface area contributed by atoms with Crippen LogP contribution in [0.2, 0.25) is 36.3 Å². The first-order chi connectivity index (χ1) is 22.3. The predicted molar refractivity (Wildman–Crippen MR) is 209 cm³/mol. The maximum absolute atomic E-state index is 11.9. The molecule has 3 rings (SSSR count). The number of carbonyl (C=O) groups is 1. The molecule has 0 spiro atoms. The molecule has 0 aromatic heterocycles. The normalized spacial score (nSPS) is 29.6. The Bertz CT molecular complexity index is 1180. The molecule has 0 radical (unpaired) electrons. The van der Waals surface area contributed by atoms with Crippen molar-refractivity contribution in [1.29, 1.82) is 0 Å². The van der Waals surface area contributed by atoms with Crippen LogP contribution in [0, 0.1) is 23.2 Å². The minimum Gasteiger partial charge on any atom is -0.435 e. The summed E-state index contributed by atoms with van der Waals surface area (Å²) in [6.45, 7) is 33.8. The highest BCUT2D eigenvalue weighted by Gasteiger charge is 2.50. The van der Waals surface area contributed by atoms with Crippen molar-refractivity contribution in [2.24, 2.45) is 23.2 Å². The lowest BCUT2D eigenvalue weighted by Crippen LogP contribution is -2.48. The SMILES string of the molecule is CCOC(=O)OC(C)(C)[C@@H](O)C=C[C@@H](C)[C@H]1CC[C@H]2C(=CC=C3C[C@@H](O[Si](C)(C)C(C)(C)C)C[C@H](O[Si](C)(C)C(C)(C)C)C3)CCC[C@]12C. The Morgan fingerprint density at radius 1 is 0.918 bits per heavy atom. The van der Waals surface area contributed by atoms with E-state index in [9.17, 15) is 9.90 Å². The van der Waals surface area contributed by atoms with Crippen LogP contribution in [0.25, 0.3) is 0 Å². The molecule has 6 nitrogen and oxygen atoms in total. The molecule has 0 aromatic carbocycles. The third-order valence-electron chi connectivity index (χ3n) is 13.2. The third kappa shape index (κ3) is 10.5. The number of hydrogen-bond donors (Lipinski definition) is 1. The number of fused-ring (bicyclic) bond motifs is 1. The first-order valence-corrected chi connectivity index (χ1v) is 25.1. The van der Waals surface area contributed by atoms with E-state index >= 15 is 0 Å². The van der Waals surface area contributed by atoms with E-state index in [1.54, 1.807) is 26.3 Å². The number of rotatable bonds is 11. The zero-order chi connectivity index (χ0) is 37.2. The van der Waals surface area contributed by atoms with Crippen LogP contribution in [0.15, 0.2) is 35.5 Å². The molecule has 0 aliphatic heterocycles. The van der Waals surface area contributed by atoms with E-state index in [0.29, 0.717) is 17.8 Å². The van der Waals surface area contributed by atoms with E-state index in [-0.39, 0.29) is 34.3 Å². The quantitative estimate of drug-likeness (QED) is 0.130. The first-order valence-electron chi connectivity index (χ1n) is 19.3. The zero-order valence-corrected chi connectivity index (χ0v) is 36.1. The summed E-state index contributed by atoms with van der Waals surface area (Å²) in [6.07, 6.45) is 16.7. The van der Waals surface area contributed by atoms with Crippen molar-refractivity contribution in [1.82, 2.24) is 0 Å². The average Bonchev–Trinajstić information content (AvgIpc) is 3.30. The molecule has 3 aliphatic rings. The lowest BCUT2D eigenvalue weighted by Gasteiger charge is -2.45. The molecule has 0 heterocycles. The smallest absolute Gasteiger partial charge is 0.435 e. The van der Waals surface area contributed by atoms with E-state index in [2.05, 4.69) is 99.8 Å².